The van der Waals surface area contributed by atoms with Crippen molar-refractivity contribution in [1.29, 1.82) is 0 Å². The number of pyridine rings is 1. The average molecular weight is 270 g/mol. The van der Waals surface area contributed by atoms with Crippen molar-refractivity contribution in [1.82, 2.24) is 4.98 Å². The van der Waals surface area contributed by atoms with Gasteiger partial charge in [0, 0.05) is 23.5 Å². The zero-order valence-corrected chi connectivity index (χ0v) is 11.5. The van der Waals surface area contributed by atoms with Crippen LogP contribution in [0.25, 0.3) is 11.1 Å². The van der Waals surface area contributed by atoms with Gasteiger partial charge >= 0.3 is 0 Å². The van der Waals surface area contributed by atoms with Gasteiger partial charge in [-0.05, 0) is 22.8 Å². The molecule has 0 spiro atoms. The second kappa shape index (κ2) is 4.98. The molecule has 100 valence electrons. The van der Waals surface area contributed by atoms with E-state index in [1.165, 1.54) is 22.3 Å². The van der Waals surface area contributed by atoms with Crippen LogP contribution in [-0.4, -0.2) is 10.7 Å². The fraction of sp³-hybridized carbons (Fsp3) is 0.0526. The molecule has 21 heavy (non-hydrogen) atoms. The molecular weight excluding hydrogens is 256 g/mol. The Bertz CT molecular complexity index is 772. The monoisotopic (exact) mass is 270 g/mol. The van der Waals surface area contributed by atoms with Gasteiger partial charge in [-0.2, -0.15) is 0 Å². The highest BCUT2D eigenvalue weighted by Gasteiger charge is 2.23. The Morgan fingerprint density at radius 1 is 0.714 bits per heavy atom. The summed E-state index contributed by atoms with van der Waals surface area (Å²) in [6.07, 6.45) is 3.66. The first-order valence-corrected chi connectivity index (χ1v) is 7.06. The molecule has 0 saturated heterocycles. The SMILES string of the molecule is c1cncc(CN=C2c3ccccc3-c3ccccc32)c1. The van der Waals surface area contributed by atoms with E-state index in [2.05, 4.69) is 59.6 Å². The van der Waals surface area contributed by atoms with E-state index in [0.717, 1.165) is 11.3 Å². The summed E-state index contributed by atoms with van der Waals surface area (Å²) in [5.41, 5.74) is 7.22. The zero-order chi connectivity index (χ0) is 14.1. The maximum Gasteiger partial charge on any atom is 0.0735 e. The lowest BCUT2D eigenvalue weighted by Crippen LogP contribution is -1.99. The second-order valence-corrected chi connectivity index (χ2v) is 5.12. The van der Waals surface area contributed by atoms with Crippen LogP contribution < -0.4 is 0 Å². The minimum atomic E-state index is 0.659. The van der Waals surface area contributed by atoms with Crippen molar-refractivity contribution >= 4 is 5.71 Å². The molecule has 1 heterocycles. The first-order valence-electron chi connectivity index (χ1n) is 7.06. The summed E-state index contributed by atoms with van der Waals surface area (Å²) >= 11 is 0. The van der Waals surface area contributed by atoms with Crippen LogP contribution in [0, 0.1) is 0 Å². The van der Waals surface area contributed by atoms with Gasteiger partial charge in [-0.3, -0.25) is 9.98 Å². The minimum absolute atomic E-state index is 0.659. The van der Waals surface area contributed by atoms with Crippen LogP contribution in [0.2, 0.25) is 0 Å². The summed E-state index contributed by atoms with van der Waals surface area (Å²) < 4.78 is 0. The van der Waals surface area contributed by atoms with Gasteiger partial charge in [-0.1, -0.05) is 54.6 Å². The highest BCUT2D eigenvalue weighted by atomic mass is 14.8. The van der Waals surface area contributed by atoms with Crippen LogP contribution in [0.15, 0.2) is 78.0 Å². The smallest absolute Gasteiger partial charge is 0.0735 e. The minimum Gasteiger partial charge on any atom is -0.279 e. The average Bonchev–Trinajstić information content (AvgIpc) is 2.88. The van der Waals surface area contributed by atoms with Gasteiger partial charge in [0.15, 0.2) is 0 Å². The molecule has 2 heteroatoms. The van der Waals surface area contributed by atoms with E-state index in [0.29, 0.717) is 6.54 Å². The van der Waals surface area contributed by atoms with E-state index in [-0.39, 0.29) is 0 Å². The molecule has 1 aromatic heterocycles. The van der Waals surface area contributed by atoms with Crippen LogP contribution in [0.1, 0.15) is 16.7 Å². The van der Waals surface area contributed by atoms with Crippen LogP contribution in [0.3, 0.4) is 0 Å². The van der Waals surface area contributed by atoms with Gasteiger partial charge in [0.05, 0.1) is 12.3 Å². The molecular formula is C19H14N2. The summed E-state index contributed by atoms with van der Waals surface area (Å²) in [5.74, 6) is 0. The number of nitrogens with zero attached hydrogens (tertiary/aromatic N) is 2. The standard InChI is InChI=1S/C19H14N2/c1-3-9-17-15(7-1)16-8-2-4-10-18(16)19(17)21-13-14-6-5-11-20-12-14/h1-12H,13H2. The molecule has 0 N–H and O–H groups in total. The maximum atomic E-state index is 4.85. The molecule has 2 aromatic carbocycles. The molecule has 0 atom stereocenters. The molecule has 0 unspecified atom stereocenters. The molecule has 1 aliphatic rings. The first-order chi connectivity index (χ1) is 10.4. The van der Waals surface area contributed by atoms with Crippen molar-refractivity contribution in [3.8, 4) is 11.1 Å². The van der Waals surface area contributed by atoms with Gasteiger partial charge < -0.3 is 0 Å². The Morgan fingerprint density at radius 3 is 1.90 bits per heavy atom. The van der Waals surface area contributed by atoms with Gasteiger partial charge in [0.2, 0.25) is 0 Å². The van der Waals surface area contributed by atoms with Gasteiger partial charge in [0.25, 0.3) is 0 Å². The number of hydrogen-bond acceptors (Lipinski definition) is 2. The third kappa shape index (κ3) is 2.05. The van der Waals surface area contributed by atoms with E-state index >= 15 is 0 Å². The molecule has 3 aromatic rings. The lowest BCUT2D eigenvalue weighted by Gasteiger charge is -2.02. The van der Waals surface area contributed by atoms with E-state index in [1.807, 2.05) is 12.3 Å². The molecule has 0 saturated carbocycles. The fourth-order valence-corrected chi connectivity index (χ4v) is 2.83. The first kappa shape index (κ1) is 12.0. The number of rotatable bonds is 2. The lowest BCUT2D eigenvalue weighted by molar-refractivity contribution is 1.05. The number of benzene rings is 2. The molecule has 2 nitrogen and oxygen atoms in total. The zero-order valence-electron chi connectivity index (χ0n) is 11.5. The highest BCUT2D eigenvalue weighted by molar-refractivity contribution is 6.24. The number of fused-ring (bicyclic) bond motifs is 3. The molecule has 0 amide bonds. The fourth-order valence-electron chi connectivity index (χ4n) is 2.83. The topological polar surface area (TPSA) is 25.2 Å². The molecule has 1 aliphatic carbocycles. The Morgan fingerprint density at radius 2 is 1.33 bits per heavy atom. The highest BCUT2D eigenvalue weighted by Crippen LogP contribution is 2.36. The van der Waals surface area contributed by atoms with Gasteiger partial charge in [0.1, 0.15) is 0 Å². The molecule has 0 aliphatic heterocycles. The Balaban J connectivity index is 1.82. The van der Waals surface area contributed by atoms with E-state index < -0.39 is 0 Å². The largest absolute Gasteiger partial charge is 0.279 e. The van der Waals surface area contributed by atoms with Crippen molar-refractivity contribution in [3.05, 3.63) is 89.7 Å². The normalized spacial score (nSPS) is 11.9. The molecule has 0 fully saturated rings. The number of aromatic nitrogens is 1. The van der Waals surface area contributed by atoms with Crippen molar-refractivity contribution in [2.24, 2.45) is 4.99 Å². The van der Waals surface area contributed by atoms with Crippen LogP contribution >= 0.6 is 0 Å². The quantitative estimate of drug-likeness (QED) is 0.538. The third-order valence-corrected chi connectivity index (χ3v) is 3.80. The maximum absolute atomic E-state index is 4.85. The summed E-state index contributed by atoms with van der Waals surface area (Å²) in [6.45, 7) is 0.659. The number of aliphatic imine (C=N–C) groups is 1. The van der Waals surface area contributed by atoms with Crippen LogP contribution in [0.4, 0.5) is 0 Å². The Hall–Kier alpha value is -2.74. The van der Waals surface area contributed by atoms with Crippen molar-refractivity contribution < 1.29 is 0 Å². The van der Waals surface area contributed by atoms with Crippen LogP contribution in [-0.2, 0) is 6.54 Å². The van der Waals surface area contributed by atoms with E-state index in [4.69, 9.17) is 4.99 Å². The Kier molecular flexibility index (Phi) is 2.86. The second-order valence-electron chi connectivity index (χ2n) is 5.12. The summed E-state index contributed by atoms with van der Waals surface area (Å²) in [7, 11) is 0. The molecule has 4 rings (SSSR count). The van der Waals surface area contributed by atoms with E-state index in [9.17, 15) is 0 Å². The lowest BCUT2D eigenvalue weighted by atomic mass is 10.1. The van der Waals surface area contributed by atoms with Crippen molar-refractivity contribution in [3.63, 3.8) is 0 Å². The number of hydrogen-bond donors (Lipinski definition) is 0. The van der Waals surface area contributed by atoms with Gasteiger partial charge in [-0.15, -0.1) is 0 Å². The predicted octanol–water partition coefficient (Wildman–Crippen LogP) is 4.10. The summed E-state index contributed by atoms with van der Waals surface area (Å²) in [5, 5.41) is 0. The summed E-state index contributed by atoms with van der Waals surface area (Å²) in [4.78, 5) is 9.00. The predicted molar refractivity (Wildman–Crippen MR) is 85.5 cm³/mol. The van der Waals surface area contributed by atoms with Crippen molar-refractivity contribution in [2.75, 3.05) is 0 Å². The third-order valence-electron chi connectivity index (χ3n) is 3.80. The van der Waals surface area contributed by atoms with Crippen LogP contribution in [0.5, 0.6) is 0 Å². The Labute approximate surface area is 123 Å². The van der Waals surface area contributed by atoms with E-state index in [1.54, 1.807) is 6.20 Å². The van der Waals surface area contributed by atoms with Gasteiger partial charge in [-0.25, -0.2) is 0 Å². The molecule has 0 bridgehead atoms. The molecule has 0 radical (unpaired) electrons. The van der Waals surface area contributed by atoms with Crippen molar-refractivity contribution in [2.45, 2.75) is 6.54 Å². The summed E-state index contributed by atoms with van der Waals surface area (Å²) in [6, 6.07) is 21.0.